The van der Waals surface area contributed by atoms with Crippen molar-refractivity contribution in [3.8, 4) is 0 Å². The van der Waals surface area contributed by atoms with Gasteiger partial charge in [0.2, 0.25) is 0 Å². The van der Waals surface area contributed by atoms with Gasteiger partial charge in [-0.05, 0) is 0 Å². The van der Waals surface area contributed by atoms with E-state index in [1.807, 2.05) is 0 Å². The Balaban J connectivity index is 0. The monoisotopic (exact) mass is 179 g/mol. The summed E-state index contributed by atoms with van der Waals surface area (Å²) in [4.78, 5) is 0. The minimum Gasteiger partial charge on any atom is -0.870 e. The molecule has 6 heavy (non-hydrogen) atoms. The van der Waals surface area contributed by atoms with E-state index in [1.54, 1.807) is 0 Å². The minimum absolute atomic E-state index is 0. The van der Waals surface area contributed by atoms with E-state index in [9.17, 15) is 0 Å². The van der Waals surface area contributed by atoms with Crippen molar-refractivity contribution in [3.05, 3.63) is 0 Å². The van der Waals surface area contributed by atoms with Gasteiger partial charge < -0.3 is 21.9 Å². The molecule has 0 spiro atoms. The molecular formula is H4FeMnO4. The summed E-state index contributed by atoms with van der Waals surface area (Å²) in [6, 6.07) is 0. The molecule has 0 aromatic heterocycles. The quantitative estimate of drug-likeness (QED) is 0.455. The SMILES string of the molecule is [Fe+2].[Mn+2].[OH-].[OH-].[OH-].[OH-]. The second-order valence-electron chi connectivity index (χ2n) is 0. The van der Waals surface area contributed by atoms with E-state index in [0.717, 1.165) is 0 Å². The van der Waals surface area contributed by atoms with Crippen molar-refractivity contribution in [1.29, 1.82) is 0 Å². The second-order valence-corrected chi connectivity index (χ2v) is 0. The van der Waals surface area contributed by atoms with Gasteiger partial charge in [0, 0.05) is 0 Å². The summed E-state index contributed by atoms with van der Waals surface area (Å²) in [5.41, 5.74) is 0. The molecule has 1 radical (unpaired) electrons. The van der Waals surface area contributed by atoms with E-state index >= 15 is 0 Å². The Hall–Kier alpha value is 0.879. The van der Waals surface area contributed by atoms with Crippen molar-refractivity contribution in [2.45, 2.75) is 0 Å². The fraction of sp³-hybridized carbons (Fsp3) is 0. The molecule has 43 valence electrons. The summed E-state index contributed by atoms with van der Waals surface area (Å²) in [7, 11) is 0. The number of rotatable bonds is 0. The fourth-order valence-corrected chi connectivity index (χ4v) is 0. The maximum Gasteiger partial charge on any atom is 2.00 e. The van der Waals surface area contributed by atoms with E-state index in [2.05, 4.69) is 0 Å². The zero-order valence-electron chi connectivity index (χ0n) is 2.52. The predicted octanol–water partition coefficient (Wildman–Crippen LogP) is -0.712. The summed E-state index contributed by atoms with van der Waals surface area (Å²) < 4.78 is 0. The molecule has 0 unspecified atom stereocenters. The minimum atomic E-state index is 0. The average molecular weight is 179 g/mol. The van der Waals surface area contributed by atoms with Crippen LogP contribution in [0.1, 0.15) is 0 Å². The normalized spacial score (nSPS) is 0. The number of hydrogen-bond donors (Lipinski definition) is 0. The van der Waals surface area contributed by atoms with Crippen LogP contribution in [0.3, 0.4) is 0 Å². The van der Waals surface area contributed by atoms with Crippen molar-refractivity contribution in [2.24, 2.45) is 0 Å². The summed E-state index contributed by atoms with van der Waals surface area (Å²) >= 11 is 0. The molecule has 0 saturated heterocycles. The van der Waals surface area contributed by atoms with Crippen LogP contribution in [0, 0.1) is 0 Å². The topological polar surface area (TPSA) is 120 Å². The van der Waals surface area contributed by atoms with Gasteiger partial charge in [-0.25, -0.2) is 0 Å². The maximum atomic E-state index is 0. The third kappa shape index (κ3) is 95.0. The van der Waals surface area contributed by atoms with Crippen LogP contribution >= 0.6 is 0 Å². The van der Waals surface area contributed by atoms with Crippen molar-refractivity contribution in [2.75, 3.05) is 0 Å². The molecule has 0 fully saturated rings. The van der Waals surface area contributed by atoms with Crippen molar-refractivity contribution in [1.82, 2.24) is 0 Å². The molecule has 4 N–H and O–H groups in total. The van der Waals surface area contributed by atoms with Gasteiger partial charge in [0.05, 0.1) is 0 Å². The van der Waals surface area contributed by atoms with Gasteiger partial charge in [-0.2, -0.15) is 0 Å². The molecule has 0 aliphatic rings. The van der Waals surface area contributed by atoms with Crippen molar-refractivity contribution in [3.63, 3.8) is 0 Å². The zero-order chi connectivity index (χ0) is 0. The van der Waals surface area contributed by atoms with Crippen LogP contribution in [0.2, 0.25) is 0 Å². The Labute approximate surface area is 56.5 Å². The molecule has 0 aromatic carbocycles. The van der Waals surface area contributed by atoms with Crippen LogP contribution in [-0.4, -0.2) is 21.9 Å². The molecule has 6 heteroatoms. The first kappa shape index (κ1) is 308. The van der Waals surface area contributed by atoms with Crippen molar-refractivity contribution < 1.29 is 56.0 Å². The van der Waals surface area contributed by atoms with Crippen LogP contribution in [-0.2, 0) is 34.1 Å². The van der Waals surface area contributed by atoms with Crippen LogP contribution in [0.5, 0.6) is 0 Å². The summed E-state index contributed by atoms with van der Waals surface area (Å²) in [6.45, 7) is 0. The molecular weight excluding hydrogens is 175 g/mol. The van der Waals surface area contributed by atoms with Gasteiger partial charge in [0.1, 0.15) is 0 Å². The summed E-state index contributed by atoms with van der Waals surface area (Å²) in [6.07, 6.45) is 0. The first-order valence-corrected chi connectivity index (χ1v) is 0. The summed E-state index contributed by atoms with van der Waals surface area (Å²) in [5.74, 6) is 0. The Morgan fingerprint density at radius 2 is 0.500 bits per heavy atom. The predicted molar refractivity (Wildman–Crippen MR) is 7.74 cm³/mol. The van der Waals surface area contributed by atoms with Crippen LogP contribution in [0.25, 0.3) is 0 Å². The first-order valence-electron chi connectivity index (χ1n) is 0. The molecule has 0 heterocycles. The Morgan fingerprint density at radius 3 is 0.500 bits per heavy atom. The van der Waals surface area contributed by atoms with Gasteiger partial charge >= 0.3 is 34.1 Å². The van der Waals surface area contributed by atoms with E-state index in [4.69, 9.17) is 0 Å². The van der Waals surface area contributed by atoms with E-state index in [-0.39, 0.29) is 56.0 Å². The van der Waals surface area contributed by atoms with E-state index in [0.29, 0.717) is 0 Å². The molecule has 0 aliphatic heterocycles. The van der Waals surface area contributed by atoms with Crippen LogP contribution < -0.4 is 0 Å². The molecule has 0 amide bonds. The van der Waals surface area contributed by atoms with Gasteiger partial charge in [-0.15, -0.1) is 0 Å². The smallest absolute Gasteiger partial charge is 0.870 e. The molecule has 0 aromatic rings. The van der Waals surface area contributed by atoms with Gasteiger partial charge in [-0.3, -0.25) is 0 Å². The molecule has 0 rings (SSSR count). The Morgan fingerprint density at radius 1 is 0.500 bits per heavy atom. The fourth-order valence-electron chi connectivity index (χ4n) is 0. The molecule has 0 saturated carbocycles. The first-order chi connectivity index (χ1) is 0. The maximum absolute atomic E-state index is 0. The average Bonchev–Trinajstić information content (AvgIpc) is 0. The summed E-state index contributed by atoms with van der Waals surface area (Å²) in [5, 5.41) is 0. The van der Waals surface area contributed by atoms with Gasteiger partial charge in [-0.1, -0.05) is 0 Å². The molecule has 0 bridgehead atoms. The Kier molecular flexibility index (Phi) is 9290. The number of hydrogen-bond acceptors (Lipinski definition) is 4. The van der Waals surface area contributed by atoms with Gasteiger partial charge in [0.25, 0.3) is 0 Å². The zero-order valence-corrected chi connectivity index (χ0v) is 4.80. The molecule has 4 nitrogen and oxygen atoms in total. The molecule has 0 atom stereocenters. The molecule has 0 aliphatic carbocycles. The van der Waals surface area contributed by atoms with E-state index < -0.39 is 0 Å². The standard InChI is InChI=1S/Fe.Mn.4H2O/h;;4*1H2/q2*+2;;;;/p-4. The van der Waals surface area contributed by atoms with Crippen LogP contribution in [0.15, 0.2) is 0 Å². The third-order valence-electron chi connectivity index (χ3n) is 0. The Bertz CT molecular complexity index is 7.51. The van der Waals surface area contributed by atoms with E-state index in [1.165, 1.54) is 0 Å². The van der Waals surface area contributed by atoms with Crippen LogP contribution in [0.4, 0.5) is 0 Å². The second kappa shape index (κ2) is 181. The van der Waals surface area contributed by atoms with Crippen molar-refractivity contribution >= 4 is 0 Å². The largest absolute Gasteiger partial charge is 2.00 e. The third-order valence-corrected chi connectivity index (χ3v) is 0. The van der Waals surface area contributed by atoms with Gasteiger partial charge in [0.15, 0.2) is 0 Å².